The summed E-state index contributed by atoms with van der Waals surface area (Å²) in [6, 6.07) is 4.48. The molecule has 32 heavy (non-hydrogen) atoms. The van der Waals surface area contributed by atoms with E-state index in [0.717, 1.165) is 18.6 Å². The summed E-state index contributed by atoms with van der Waals surface area (Å²) in [6.45, 7) is 1.86. The Labute approximate surface area is 186 Å². The Morgan fingerprint density at radius 3 is 2.75 bits per heavy atom. The SMILES string of the molecule is C[C@H]1C[C@@H](O)[C@H](/C=C/[C@@H](O)COc2cccc(C(F)(F)F)c2)[C@H]1C/C=C\CCCC(=O)O. The molecule has 1 aliphatic carbocycles. The molecule has 1 aromatic rings. The Balaban J connectivity index is 1.87. The number of aliphatic hydroxyl groups is 2. The number of carboxylic acid groups (broad SMARTS) is 1. The fourth-order valence-corrected chi connectivity index (χ4v) is 4.04. The van der Waals surface area contributed by atoms with Crippen molar-refractivity contribution in [2.45, 2.75) is 57.4 Å². The molecule has 1 aliphatic rings. The fourth-order valence-electron chi connectivity index (χ4n) is 4.04. The van der Waals surface area contributed by atoms with Gasteiger partial charge < -0.3 is 20.1 Å². The average Bonchev–Trinajstić information content (AvgIpc) is 2.99. The topological polar surface area (TPSA) is 87.0 Å². The van der Waals surface area contributed by atoms with Gasteiger partial charge in [-0.3, -0.25) is 4.79 Å². The van der Waals surface area contributed by atoms with Crippen LogP contribution in [0.4, 0.5) is 13.2 Å². The van der Waals surface area contributed by atoms with Crippen molar-refractivity contribution in [2.75, 3.05) is 6.61 Å². The lowest BCUT2D eigenvalue weighted by Crippen LogP contribution is -2.20. The largest absolute Gasteiger partial charge is 0.491 e. The number of alkyl halides is 3. The van der Waals surface area contributed by atoms with E-state index < -0.39 is 29.9 Å². The molecular weight excluding hydrogens is 425 g/mol. The van der Waals surface area contributed by atoms with Gasteiger partial charge in [-0.1, -0.05) is 37.3 Å². The zero-order valence-corrected chi connectivity index (χ0v) is 18.0. The Morgan fingerprint density at radius 2 is 2.06 bits per heavy atom. The summed E-state index contributed by atoms with van der Waals surface area (Å²) in [5, 5.41) is 29.2. The predicted molar refractivity (Wildman–Crippen MR) is 114 cm³/mol. The lowest BCUT2D eigenvalue weighted by molar-refractivity contribution is -0.138. The van der Waals surface area contributed by atoms with Crippen LogP contribution in [0.3, 0.4) is 0 Å². The number of hydrogen-bond donors (Lipinski definition) is 3. The van der Waals surface area contributed by atoms with Crippen LogP contribution in [0.25, 0.3) is 0 Å². The molecule has 8 heteroatoms. The standard InChI is InChI=1S/C24H31F3O5/c1-16-13-22(29)21(20(16)9-4-2-3-5-10-23(30)31)12-11-18(28)15-32-19-8-6-7-17(14-19)24(25,26)27/h2,4,6-8,11-12,14,16,18,20-22,28-29H,3,5,9-10,13,15H2,1H3,(H,30,31)/b4-2-,12-11+/t16-,18+,20-,21+,22+/m0/s1. The Bertz CT molecular complexity index is 790. The zero-order valence-electron chi connectivity index (χ0n) is 18.0. The minimum atomic E-state index is -4.47. The summed E-state index contributed by atoms with van der Waals surface area (Å²) in [5.74, 6) is -0.494. The molecule has 0 heterocycles. The fraction of sp³-hybridized carbons (Fsp3) is 0.542. The number of carboxylic acids is 1. The van der Waals surface area contributed by atoms with Crippen LogP contribution in [0.2, 0.25) is 0 Å². The van der Waals surface area contributed by atoms with E-state index in [4.69, 9.17) is 9.84 Å². The average molecular weight is 457 g/mol. The van der Waals surface area contributed by atoms with Gasteiger partial charge in [-0.25, -0.2) is 0 Å². The molecule has 0 bridgehead atoms. The molecule has 1 saturated carbocycles. The third-order valence-corrected chi connectivity index (χ3v) is 5.76. The maximum absolute atomic E-state index is 12.8. The van der Waals surface area contributed by atoms with E-state index >= 15 is 0 Å². The summed E-state index contributed by atoms with van der Waals surface area (Å²) < 4.78 is 43.6. The van der Waals surface area contributed by atoms with Crippen molar-refractivity contribution in [1.82, 2.24) is 0 Å². The number of halogens is 3. The van der Waals surface area contributed by atoms with Gasteiger partial charge in [-0.2, -0.15) is 13.2 Å². The van der Waals surface area contributed by atoms with Gasteiger partial charge in [0.1, 0.15) is 18.5 Å². The van der Waals surface area contributed by atoms with Crippen molar-refractivity contribution in [2.24, 2.45) is 17.8 Å². The lowest BCUT2D eigenvalue weighted by atomic mass is 9.86. The van der Waals surface area contributed by atoms with E-state index in [1.165, 1.54) is 18.2 Å². The second kappa shape index (κ2) is 12.1. The first-order chi connectivity index (χ1) is 15.1. The normalized spacial score (nSPS) is 24.9. The number of ether oxygens (including phenoxy) is 1. The second-order valence-electron chi connectivity index (χ2n) is 8.30. The maximum atomic E-state index is 12.8. The van der Waals surface area contributed by atoms with Crippen LogP contribution in [-0.2, 0) is 11.0 Å². The monoisotopic (exact) mass is 456 g/mol. The summed E-state index contributed by atoms with van der Waals surface area (Å²) in [4.78, 5) is 10.5. The first kappa shape index (κ1) is 25.9. The molecular formula is C24H31F3O5. The Morgan fingerprint density at radius 1 is 1.31 bits per heavy atom. The molecule has 0 aliphatic heterocycles. The molecule has 0 saturated heterocycles. The quantitative estimate of drug-likeness (QED) is 0.328. The molecule has 5 nitrogen and oxygen atoms in total. The number of rotatable bonds is 11. The molecule has 178 valence electrons. The van der Waals surface area contributed by atoms with Gasteiger partial charge in [0.05, 0.1) is 11.7 Å². The van der Waals surface area contributed by atoms with Crippen LogP contribution < -0.4 is 4.74 Å². The van der Waals surface area contributed by atoms with Crippen LogP contribution >= 0.6 is 0 Å². The van der Waals surface area contributed by atoms with E-state index in [1.54, 1.807) is 6.08 Å². The van der Waals surface area contributed by atoms with Gasteiger partial charge in [0, 0.05) is 12.3 Å². The summed E-state index contributed by atoms with van der Waals surface area (Å²) >= 11 is 0. The van der Waals surface area contributed by atoms with Crippen molar-refractivity contribution in [3.05, 3.63) is 54.1 Å². The Kier molecular flexibility index (Phi) is 9.78. The number of hydrogen-bond acceptors (Lipinski definition) is 4. The number of allylic oxidation sites excluding steroid dienone is 2. The van der Waals surface area contributed by atoms with Gasteiger partial charge in [0.15, 0.2) is 0 Å². The highest BCUT2D eigenvalue weighted by Gasteiger charge is 2.37. The summed E-state index contributed by atoms with van der Waals surface area (Å²) in [5.41, 5.74) is -0.818. The number of benzene rings is 1. The first-order valence-electron chi connectivity index (χ1n) is 10.8. The van der Waals surface area contributed by atoms with Crippen molar-refractivity contribution >= 4 is 5.97 Å². The minimum Gasteiger partial charge on any atom is -0.491 e. The molecule has 0 radical (unpaired) electrons. The van der Waals surface area contributed by atoms with Crippen molar-refractivity contribution in [3.63, 3.8) is 0 Å². The van der Waals surface area contributed by atoms with Crippen LogP contribution in [0.15, 0.2) is 48.6 Å². The highest BCUT2D eigenvalue weighted by atomic mass is 19.4. The van der Waals surface area contributed by atoms with Crippen LogP contribution in [0.1, 0.15) is 44.6 Å². The lowest BCUT2D eigenvalue weighted by Gasteiger charge is -2.20. The maximum Gasteiger partial charge on any atom is 0.416 e. The third-order valence-electron chi connectivity index (χ3n) is 5.76. The summed E-state index contributed by atoms with van der Waals surface area (Å²) in [7, 11) is 0. The second-order valence-corrected chi connectivity index (χ2v) is 8.30. The summed E-state index contributed by atoms with van der Waals surface area (Å²) in [6.07, 6.45) is 3.98. The van der Waals surface area contributed by atoms with Gasteiger partial charge in [-0.15, -0.1) is 0 Å². The molecule has 1 aromatic carbocycles. The van der Waals surface area contributed by atoms with Gasteiger partial charge >= 0.3 is 12.1 Å². The van der Waals surface area contributed by atoms with E-state index in [0.29, 0.717) is 19.3 Å². The van der Waals surface area contributed by atoms with Crippen LogP contribution in [0.5, 0.6) is 5.75 Å². The molecule has 3 N–H and O–H groups in total. The molecule has 1 fully saturated rings. The van der Waals surface area contributed by atoms with Crippen molar-refractivity contribution in [3.8, 4) is 5.75 Å². The van der Waals surface area contributed by atoms with Crippen LogP contribution in [0, 0.1) is 17.8 Å². The molecule has 0 unspecified atom stereocenters. The van der Waals surface area contributed by atoms with Crippen LogP contribution in [-0.4, -0.2) is 40.1 Å². The van der Waals surface area contributed by atoms with Gasteiger partial charge in [0.25, 0.3) is 0 Å². The Hall–Kier alpha value is -2.32. The van der Waals surface area contributed by atoms with Gasteiger partial charge in [0.2, 0.25) is 0 Å². The van der Waals surface area contributed by atoms with Gasteiger partial charge in [-0.05, 0) is 55.7 Å². The number of carbonyl (C=O) groups is 1. The molecule has 5 atom stereocenters. The highest BCUT2D eigenvalue weighted by Crippen LogP contribution is 2.40. The molecule has 0 aromatic heterocycles. The minimum absolute atomic E-state index is 0.0210. The molecule has 0 amide bonds. The predicted octanol–water partition coefficient (Wildman–Crippen LogP) is 4.84. The van der Waals surface area contributed by atoms with E-state index in [1.807, 2.05) is 12.2 Å². The van der Waals surface area contributed by atoms with Crippen molar-refractivity contribution < 1.29 is 38.0 Å². The zero-order chi connectivity index (χ0) is 23.7. The number of unbranched alkanes of at least 4 members (excludes halogenated alkanes) is 1. The molecule has 2 rings (SSSR count). The smallest absolute Gasteiger partial charge is 0.416 e. The van der Waals surface area contributed by atoms with E-state index in [2.05, 4.69) is 6.92 Å². The van der Waals surface area contributed by atoms with Crippen molar-refractivity contribution in [1.29, 1.82) is 0 Å². The first-order valence-corrected chi connectivity index (χ1v) is 10.8. The highest BCUT2D eigenvalue weighted by molar-refractivity contribution is 5.66. The third kappa shape index (κ3) is 8.31. The molecule has 0 spiro atoms. The number of aliphatic hydroxyl groups excluding tert-OH is 2. The number of aliphatic carboxylic acids is 1. The van der Waals surface area contributed by atoms with E-state index in [-0.39, 0.29) is 36.5 Å². The van der Waals surface area contributed by atoms with E-state index in [9.17, 15) is 28.2 Å².